The van der Waals surface area contributed by atoms with E-state index in [1.54, 1.807) is 28.0 Å². The van der Waals surface area contributed by atoms with Gasteiger partial charge in [0.1, 0.15) is 5.82 Å². The second-order valence-electron chi connectivity index (χ2n) is 5.82. The van der Waals surface area contributed by atoms with Crippen molar-refractivity contribution in [2.45, 2.75) is 20.4 Å². The number of amides is 3. The van der Waals surface area contributed by atoms with Crippen LogP contribution in [-0.4, -0.2) is 47.9 Å². The molecule has 0 radical (unpaired) electrons. The maximum absolute atomic E-state index is 12.8. The highest BCUT2D eigenvalue weighted by atomic mass is 19.1. The molecule has 2 rings (SSSR count). The third-order valence-electron chi connectivity index (χ3n) is 3.65. The Hall–Kier alpha value is -2.37. The zero-order chi connectivity index (χ0) is 16.8. The third kappa shape index (κ3) is 5.09. The lowest BCUT2D eigenvalue weighted by molar-refractivity contribution is -0.127. The van der Waals surface area contributed by atoms with Crippen LogP contribution in [0.25, 0.3) is 0 Å². The predicted octanol–water partition coefficient (Wildman–Crippen LogP) is 2.15. The number of carbonyl (C=O) groups is 2. The van der Waals surface area contributed by atoms with Crippen molar-refractivity contribution in [1.29, 1.82) is 0 Å². The van der Waals surface area contributed by atoms with Crippen molar-refractivity contribution in [1.82, 2.24) is 15.1 Å². The predicted molar refractivity (Wildman–Crippen MR) is 86.2 cm³/mol. The van der Waals surface area contributed by atoms with Crippen LogP contribution in [0, 0.1) is 5.82 Å². The number of piperazine rings is 1. The Morgan fingerprint density at radius 3 is 2.22 bits per heavy atom. The minimum Gasteiger partial charge on any atom is -0.336 e. The van der Waals surface area contributed by atoms with Gasteiger partial charge in [-0.2, -0.15) is 0 Å². The van der Waals surface area contributed by atoms with Crippen molar-refractivity contribution >= 4 is 11.9 Å². The molecule has 1 N–H and O–H groups in total. The van der Waals surface area contributed by atoms with Crippen LogP contribution < -0.4 is 5.32 Å². The fourth-order valence-electron chi connectivity index (χ4n) is 2.36. The SMILES string of the molecule is CC(C)=CC(=O)N1CCN(C(=O)NCc2ccc(F)cc2)CC1. The Bertz CT molecular complexity index is 586. The summed E-state index contributed by atoms with van der Waals surface area (Å²) in [7, 11) is 0. The Morgan fingerprint density at radius 2 is 1.65 bits per heavy atom. The molecule has 23 heavy (non-hydrogen) atoms. The first-order valence-electron chi connectivity index (χ1n) is 7.67. The quantitative estimate of drug-likeness (QED) is 0.868. The van der Waals surface area contributed by atoms with Gasteiger partial charge in [-0.25, -0.2) is 9.18 Å². The maximum atomic E-state index is 12.8. The van der Waals surface area contributed by atoms with Crippen LogP contribution >= 0.6 is 0 Å². The molecule has 1 saturated heterocycles. The summed E-state index contributed by atoms with van der Waals surface area (Å²) in [5.74, 6) is -0.298. The molecule has 1 aromatic carbocycles. The molecule has 0 saturated carbocycles. The molecule has 3 amide bonds. The van der Waals surface area contributed by atoms with E-state index in [0.29, 0.717) is 32.7 Å². The van der Waals surface area contributed by atoms with Gasteiger partial charge in [0.15, 0.2) is 0 Å². The van der Waals surface area contributed by atoms with Crippen molar-refractivity contribution in [3.63, 3.8) is 0 Å². The van der Waals surface area contributed by atoms with Crippen LogP contribution in [0.3, 0.4) is 0 Å². The van der Waals surface area contributed by atoms with E-state index in [0.717, 1.165) is 11.1 Å². The zero-order valence-electron chi connectivity index (χ0n) is 13.5. The van der Waals surface area contributed by atoms with Crippen molar-refractivity contribution < 1.29 is 14.0 Å². The summed E-state index contributed by atoms with van der Waals surface area (Å²) in [4.78, 5) is 27.5. The number of carbonyl (C=O) groups excluding carboxylic acids is 2. The second-order valence-corrected chi connectivity index (χ2v) is 5.82. The lowest BCUT2D eigenvalue weighted by Crippen LogP contribution is -2.52. The van der Waals surface area contributed by atoms with Crippen molar-refractivity contribution in [3.05, 3.63) is 47.3 Å². The van der Waals surface area contributed by atoms with E-state index in [4.69, 9.17) is 0 Å². The zero-order valence-corrected chi connectivity index (χ0v) is 13.5. The maximum Gasteiger partial charge on any atom is 0.317 e. The summed E-state index contributed by atoms with van der Waals surface area (Å²) in [6, 6.07) is 5.87. The van der Waals surface area contributed by atoms with Crippen LogP contribution in [0.5, 0.6) is 0 Å². The molecule has 5 nitrogen and oxygen atoms in total. The van der Waals surface area contributed by atoms with Gasteiger partial charge in [-0.05, 0) is 31.5 Å². The Balaban J connectivity index is 1.78. The van der Waals surface area contributed by atoms with Gasteiger partial charge in [0.05, 0.1) is 0 Å². The number of benzene rings is 1. The molecule has 1 aliphatic heterocycles. The van der Waals surface area contributed by atoms with E-state index in [9.17, 15) is 14.0 Å². The van der Waals surface area contributed by atoms with E-state index >= 15 is 0 Å². The van der Waals surface area contributed by atoms with Gasteiger partial charge < -0.3 is 15.1 Å². The largest absolute Gasteiger partial charge is 0.336 e. The number of hydrogen-bond donors (Lipinski definition) is 1. The first-order chi connectivity index (χ1) is 11.0. The van der Waals surface area contributed by atoms with Gasteiger partial charge in [0.2, 0.25) is 5.91 Å². The number of nitrogens with zero attached hydrogens (tertiary/aromatic N) is 2. The number of halogens is 1. The highest BCUT2D eigenvalue weighted by Crippen LogP contribution is 2.06. The summed E-state index contributed by atoms with van der Waals surface area (Å²) in [5, 5.41) is 2.81. The normalized spacial score (nSPS) is 14.4. The molecule has 6 heteroatoms. The summed E-state index contributed by atoms with van der Waals surface area (Å²) < 4.78 is 12.8. The van der Waals surface area contributed by atoms with Crippen molar-refractivity contribution in [3.8, 4) is 0 Å². The minimum atomic E-state index is -0.294. The first kappa shape index (κ1) is 17.0. The second kappa shape index (κ2) is 7.76. The third-order valence-corrected chi connectivity index (χ3v) is 3.65. The van der Waals surface area contributed by atoms with Gasteiger partial charge in [-0.3, -0.25) is 4.79 Å². The smallest absolute Gasteiger partial charge is 0.317 e. The highest BCUT2D eigenvalue weighted by Gasteiger charge is 2.22. The summed E-state index contributed by atoms with van der Waals surface area (Å²) >= 11 is 0. The Kier molecular flexibility index (Phi) is 5.73. The number of allylic oxidation sites excluding steroid dienone is 1. The van der Waals surface area contributed by atoms with Crippen molar-refractivity contribution in [2.75, 3.05) is 26.2 Å². The molecule has 0 aromatic heterocycles. The average Bonchev–Trinajstić information content (AvgIpc) is 2.53. The number of urea groups is 1. The highest BCUT2D eigenvalue weighted by molar-refractivity contribution is 5.88. The van der Waals surface area contributed by atoms with Gasteiger partial charge >= 0.3 is 6.03 Å². The Labute approximate surface area is 135 Å². The monoisotopic (exact) mass is 319 g/mol. The molecule has 0 unspecified atom stereocenters. The number of nitrogens with one attached hydrogen (secondary N) is 1. The van der Waals surface area contributed by atoms with Crippen LogP contribution in [0.4, 0.5) is 9.18 Å². The molecule has 1 aliphatic rings. The fourth-order valence-corrected chi connectivity index (χ4v) is 2.36. The lowest BCUT2D eigenvalue weighted by Gasteiger charge is -2.34. The molecule has 0 bridgehead atoms. The standard InChI is InChI=1S/C17H22FN3O2/c1-13(2)11-16(22)20-7-9-21(10-8-20)17(23)19-12-14-3-5-15(18)6-4-14/h3-6,11H,7-10,12H2,1-2H3,(H,19,23). The van der Waals surface area contributed by atoms with E-state index < -0.39 is 0 Å². The molecule has 1 fully saturated rings. The van der Waals surface area contributed by atoms with Crippen LogP contribution in [0.1, 0.15) is 19.4 Å². The number of hydrogen-bond acceptors (Lipinski definition) is 2. The van der Waals surface area contributed by atoms with Gasteiger partial charge in [0.25, 0.3) is 0 Å². The molecule has 1 heterocycles. The van der Waals surface area contributed by atoms with Gasteiger partial charge in [0, 0.05) is 38.8 Å². The molecule has 0 aliphatic carbocycles. The van der Waals surface area contributed by atoms with Gasteiger partial charge in [-0.1, -0.05) is 17.7 Å². The van der Waals surface area contributed by atoms with E-state index in [1.165, 1.54) is 12.1 Å². The lowest BCUT2D eigenvalue weighted by atomic mass is 10.2. The number of rotatable bonds is 3. The van der Waals surface area contributed by atoms with E-state index in [2.05, 4.69) is 5.32 Å². The minimum absolute atomic E-state index is 0.00336. The topological polar surface area (TPSA) is 52.7 Å². The Morgan fingerprint density at radius 1 is 1.09 bits per heavy atom. The molecule has 0 spiro atoms. The molecule has 0 atom stereocenters. The van der Waals surface area contributed by atoms with Crippen LogP contribution in [0.15, 0.2) is 35.9 Å². The first-order valence-corrected chi connectivity index (χ1v) is 7.67. The van der Waals surface area contributed by atoms with Gasteiger partial charge in [-0.15, -0.1) is 0 Å². The summed E-state index contributed by atoms with van der Waals surface area (Å²) in [6.07, 6.45) is 1.62. The van der Waals surface area contributed by atoms with Crippen LogP contribution in [0.2, 0.25) is 0 Å². The molecule has 1 aromatic rings. The average molecular weight is 319 g/mol. The van der Waals surface area contributed by atoms with E-state index in [-0.39, 0.29) is 17.8 Å². The molecular weight excluding hydrogens is 297 g/mol. The van der Waals surface area contributed by atoms with Crippen molar-refractivity contribution in [2.24, 2.45) is 0 Å². The van der Waals surface area contributed by atoms with Crippen LogP contribution in [-0.2, 0) is 11.3 Å². The molecular formula is C17H22FN3O2. The summed E-state index contributed by atoms with van der Waals surface area (Å²) in [6.45, 7) is 6.22. The van der Waals surface area contributed by atoms with E-state index in [1.807, 2.05) is 13.8 Å². The summed E-state index contributed by atoms with van der Waals surface area (Å²) in [5.41, 5.74) is 1.81. The molecule has 124 valence electrons. The fraction of sp³-hybridized carbons (Fsp3) is 0.412.